The van der Waals surface area contributed by atoms with Crippen molar-refractivity contribution in [1.29, 1.82) is 0 Å². The number of hydrogen-bond acceptors (Lipinski definition) is 6. The summed E-state index contributed by atoms with van der Waals surface area (Å²) in [6, 6.07) is 6.06. The molecule has 0 fully saturated rings. The summed E-state index contributed by atoms with van der Waals surface area (Å²) < 4.78 is 15.6. The topological polar surface area (TPSA) is 110 Å². The summed E-state index contributed by atoms with van der Waals surface area (Å²) in [6.07, 6.45) is 1.20. The van der Waals surface area contributed by atoms with Crippen LogP contribution in [-0.2, 0) is 0 Å². The number of aromatic carboxylic acids is 1. The fourth-order valence-electron chi connectivity index (χ4n) is 1.92. The molecule has 0 aliphatic rings. The van der Waals surface area contributed by atoms with E-state index in [1.807, 2.05) is 0 Å². The van der Waals surface area contributed by atoms with E-state index in [0.29, 0.717) is 4.67 Å². The summed E-state index contributed by atoms with van der Waals surface area (Å²) in [5, 5.41) is 13.1. The van der Waals surface area contributed by atoms with Crippen molar-refractivity contribution in [2.45, 2.75) is 0 Å². The molecule has 1 amide bonds. The molecule has 9 heteroatoms. The molecule has 0 bridgehead atoms. The summed E-state index contributed by atoms with van der Waals surface area (Å²) in [6.45, 7) is 0. The number of benzene rings is 1. The van der Waals surface area contributed by atoms with Gasteiger partial charge in [0.25, 0.3) is 0 Å². The molecule has 0 aliphatic carbocycles. The van der Waals surface area contributed by atoms with E-state index in [0.717, 1.165) is 0 Å². The van der Waals surface area contributed by atoms with E-state index in [1.54, 1.807) is 6.07 Å². The number of methoxy groups -OCH3 is 2. The normalized spacial score (nSPS) is 10.6. The summed E-state index contributed by atoms with van der Waals surface area (Å²) in [5.41, 5.74) is 2.35. The van der Waals surface area contributed by atoms with Crippen LogP contribution < -0.4 is 14.9 Å². The maximum Gasteiger partial charge on any atom is 0.340 e. The Bertz CT molecular complexity index is 799. The maximum atomic E-state index is 11.8. The van der Waals surface area contributed by atoms with Crippen molar-refractivity contribution in [3.8, 4) is 11.5 Å². The second-order valence-corrected chi connectivity index (χ2v) is 5.15. The highest BCUT2D eigenvalue weighted by Gasteiger charge is 2.20. The van der Waals surface area contributed by atoms with E-state index in [4.69, 9.17) is 13.9 Å². The summed E-state index contributed by atoms with van der Waals surface area (Å²) in [4.78, 5) is 23.3. The minimum absolute atomic E-state index is 0.0600. The quantitative estimate of drug-likeness (QED) is 0.573. The molecule has 0 saturated heterocycles. The van der Waals surface area contributed by atoms with Crippen molar-refractivity contribution in [3.05, 3.63) is 45.8 Å². The number of hydrazone groups is 1. The van der Waals surface area contributed by atoms with Gasteiger partial charge in [-0.15, -0.1) is 0 Å². The average molecular weight is 397 g/mol. The summed E-state index contributed by atoms with van der Waals surface area (Å²) in [5.74, 6) is -1.39. The largest absolute Gasteiger partial charge is 0.493 e. The van der Waals surface area contributed by atoms with Gasteiger partial charge in [-0.3, -0.25) is 4.79 Å². The number of hydrogen-bond donors (Lipinski definition) is 2. The fourth-order valence-corrected chi connectivity index (χ4v) is 2.23. The molecule has 24 heavy (non-hydrogen) atoms. The molecule has 0 saturated carbocycles. The Morgan fingerprint density at radius 1 is 1.25 bits per heavy atom. The highest BCUT2D eigenvalue weighted by atomic mass is 79.9. The minimum Gasteiger partial charge on any atom is -0.493 e. The molecule has 8 nitrogen and oxygen atoms in total. The molecular formula is C15H13BrN2O6. The van der Waals surface area contributed by atoms with Gasteiger partial charge in [0, 0.05) is 5.56 Å². The Balaban J connectivity index is 2.25. The molecule has 1 aromatic carbocycles. The number of carboxylic acid groups (broad SMARTS) is 1. The first kappa shape index (κ1) is 17.5. The lowest BCUT2D eigenvalue weighted by molar-refractivity contribution is 0.0692. The maximum absolute atomic E-state index is 11.8. The molecule has 0 aliphatic heterocycles. The first-order valence-corrected chi connectivity index (χ1v) is 7.34. The van der Waals surface area contributed by atoms with Crippen LogP contribution in [0.5, 0.6) is 11.5 Å². The van der Waals surface area contributed by atoms with Gasteiger partial charge in [-0.1, -0.05) is 0 Å². The van der Waals surface area contributed by atoms with Gasteiger partial charge in [-0.25, -0.2) is 10.2 Å². The highest BCUT2D eigenvalue weighted by molar-refractivity contribution is 9.10. The monoisotopic (exact) mass is 396 g/mol. The molecule has 126 valence electrons. The third kappa shape index (κ3) is 3.74. The van der Waals surface area contributed by atoms with Crippen LogP contribution in [0.3, 0.4) is 0 Å². The Kier molecular flexibility index (Phi) is 5.59. The lowest BCUT2D eigenvalue weighted by Gasteiger charge is -2.12. The zero-order chi connectivity index (χ0) is 17.7. The first-order chi connectivity index (χ1) is 11.5. The number of furan rings is 1. The zero-order valence-corrected chi connectivity index (χ0v) is 14.3. The molecule has 2 N–H and O–H groups in total. The first-order valence-electron chi connectivity index (χ1n) is 6.55. The predicted molar refractivity (Wildman–Crippen MR) is 88.0 cm³/mol. The molecular weight excluding hydrogens is 384 g/mol. The van der Waals surface area contributed by atoms with Gasteiger partial charge in [0.2, 0.25) is 0 Å². The number of nitrogens with zero attached hydrogens (tertiary/aromatic N) is 1. The number of nitrogens with one attached hydrogen (secondary N) is 1. The Morgan fingerprint density at radius 2 is 2.00 bits per heavy atom. The molecule has 0 radical (unpaired) electrons. The van der Waals surface area contributed by atoms with Crippen LogP contribution in [0.1, 0.15) is 26.5 Å². The Labute approximate surface area is 145 Å². The molecule has 1 aromatic heterocycles. The lowest BCUT2D eigenvalue weighted by Crippen LogP contribution is -2.17. The fraction of sp³-hybridized carbons (Fsp3) is 0.133. The third-order valence-electron chi connectivity index (χ3n) is 2.96. The van der Waals surface area contributed by atoms with Crippen LogP contribution in [0.25, 0.3) is 0 Å². The Hall–Kier alpha value is -2.81. The molecule has 0 spiro atoms. The number of carbonyl (C=O) groups excluding carboxylic acids is 1. The number of carbonyl (C=O) groups is 2. The smallest absolute Gasteiger partial charge is 0.340 e. The number of ether oxygens (including phenoxy) is 2. The standard InChI is InChI=1S/C15H13BrN2O6/c1-22-9-4-3-8(12(15(20)21)13(9)23-2)7-17-18-14(19)10-5-6-11(16)24-10/h3-7H,1-2H3,(H,18,19)(H,20,21)/b17-7-. The van der Waals surface area contributed by atoms with Gasteiger partial charge in [0.1, 0.15) is 5.56 Å². The number of amides is 1. The molecule has 0 unspecified atom stereocenters. The average Bonchev–Trinajstić information content (AvgIpc) is 3.00. The van der Waals surface area contributed by atoms with Crippen LogP contribution in [0, 0.1) is 0 Å². The van der Waals surface area contributed by atoms with Gasteiger partial charge in [0.05, 0.1) is 20.4 Å². The molecule has 1 heterocycles. The van der Waals surface area contributed by atoms with Crippen molar-refractivity contribution in [2.24, 2.45) is 5.10 Å². The van der Waals surface area contributed by atoms with E-state index in [2.05, 4.69) is 26.5 Å². The molecule has 2 aromatic rings. The van der Waals surface area contributed by atoms with Crippen LogP contribution in [0.15, 0.2) is 38.5 Å². The van der Waals surface area contributed by atoms with E-state index in [-0.39, 0.29) is 28.4 Å². The van der Waals surface area contributed by atoms with Crippen LogP contribution >= 0.6 is 15.9 Å². The molecule has 0 atom stereocenters. The van der Waals surface area contributed by atoms with Crippen LogP contribution in [0.4, 0.5) is 0 Å². The van der Waals surface area contributed by atoms with Crippen molar-refractivity contribution in [2.75, 3.05) is 14.2 Å². The molecule has 2 rings (SSSR count). The zero-order valence-electron chi connectivity index (χ0n) is 12.7. The van der Waals surface area contributed by atoms with Gasteiger partial charge in [0.15, 0.2) is 21.9 Å². The van der Waals surface area contributed by atoms with E-state index in [9.17, 15) is 14.7 Å². The minimum atomic E-state index is -1.21. The summed E-state index contributed by atoms with van der Waals surface area (Å²) in [7, 11) is 2.74. The third-order valence-corrected chi connectivity index (χ3v) is 3.38. The number of carboxylic acids is 1. The van der Waals surface area contributed by atoms with Crippen LogP contribution in [0.2, 0.25) is 0 Å². The van der Waals surface area contributed by atoms with Crippen molar-refractivity contribution in [1.82, 2.24) is 5.43 Å². The summed E-state index contributed by atoms with van der Waals surface area (Å²) >= 11 is 3.08. The van der Waals surface area contributed by atoms with Gasteiger partial charge < -0.3 is 19.0 Å². The van der Waals surface area contributed by atoms with Crippen molar-refractivity contribution in [3.63, 3.8) is 0 Å². The Morgan fingerprint density at radius 3 is 2.54 bits per heavy atom. The van der Waals surface area contributed by atoms with E-state index in [1.165, 1.54) is 38.6 Å². The number of rotatable bonds is 6. The lowest BCUT2D eigenvalue weighted by atomic mass is 10.1. The number of halogens is 1. The van der Waals surface area contributed by atoms with Crippen molar-refractivity contribution >= 4 is 34.0 Å². The van der Waals surface area contributed by atoms with Crippen molar-refractivity contribution < 1.29 is 28.6 Å². The van der Waals surface area contributed by atoms with Gasteiger partial charge in [-0.05, 0) is 40.2 Å². The predicted octanol–water partition coefficient (Wildman–Crippen LogP) is 2.52. The second kappa shape index (κ2) is 7.64. The van der Waals surface area contributed by atoms with Gasteiger partial charge in [-0.2, -0.15) is 5.10 Å². The van der Waals surface area contributed by atoms with E-state index < -0.39 is 11.9 Å². The SMILES string of the molecule is COc1ccc(/C=N\NC(=O)c2ccc(Br)o2)c(C(=O)O)c1OC. The van der Waals surface area contributed by atoms with Gasteiger partial charge >= 0.3 is 11.9 Å². The van der Waals surface area contributed by atoms with Crippen LogP contribution in [-0.4, -0.2) is 37.4 Å². The van der Waals surface area contributed by atoms with E-state index >= 15 is 0 Å². The highest BCUT2D eigenvalue weighted by Crippen LogP contribution is 2.32. The second-order valence-electron chi connectivity index (χ2n) is 4.37.